The molecule has 0 spiro atoms. The topological polar surface area (TPSA) is 46.9 Å². The molecule has 0 aliphatic rings. The molecule has 4 nitrogen and oxygen atoms in total. The summed E-state index contributed by atoms with van der Waals surface area (Å²) in [4.78, 5) is 16.1. The molecule has 1 aromatic carbocycles. The molecule has 1 atom stereocenters. The molecule has 3 aromatic rings. The monoisotopic (exact) mass is 383 g/mol. The van der Waals surface area contributed by atoms with Gasteiger partial charge in [-0.25, -0.2) is 13.8 Å². The minimum atomic E-state index is -4.60. The summed E-state index contributed by atoms with van der Waals surface area (Å²) in [6.45, 7) is 1.25. The molecule has 9 heteroatoms. The lowest BCUT2D eigenvalue weighted by molar-refractivity contribution is -0.143. The number of aromatic nitrogens is 2. The Hall–Kier alpha value is -2.97. The smallest absolute Gasteiger partial charge is 0.348 e. The lowest BCUT2D eigenvalue weighted by Crippen LogP contribution is -2.37. The van der Waals surface area contributed by atoms with E-state index in [1.165, 1.54) is 25.3 Å². The summed E-state index contributed by atoms with van der Waals surface area (Å²) < 4.78 is 67.6. The zero-order valence-electron chi connectivity index (χ0n) is 14.0. The lowest BCUT2D eigenvalue weighted by atomic mass is 10.2. The summed E-state index contributed by atoms with van der Waals surface area (Å²) in [7, 11) is 0. The van der Waals surface area contributed by atoms with Crippen molar-refractivity contribution in [3.63, 3.8) is 0 Å². The van der Waals surface area contributed by atoms with E-state index in [-0.39, 0.29) is 12.2 Å². The first kappa shape index (κ1) is 18.8. The Labute approximate surface area is 150 Å². The van der Waals surface area contributed by atoms with Crippen LogP contribution in [0.2, 0.25) is 0 Å². The number of fused-ring (bicyclic) bond motifs is 1. The number of rotatable bonds is 4. The molecule has 0 saturated carbocycles. The van der Waals surface area contributed by atoms with Crippen LogP contribution in [0.15, 0.2) is 42.6 Å². The molecular formula is C18H14F5N3O. The van der Waals surface area contributed by atoms with E-state index in [9.17, 15) is 26.7 Å². The van der Waals surface area contributed by atoms with E-state index in [0.717, 1.165) is 22.8 Å². The van der Waals surface area contributed by atoms with Crippen molar-refractivity contribution in [2.75, 3.05) is 0 Å². The molecule has 0 unspecified atom stereocenters. The van der Waals surface area contributed by atoms with E-state index >= 15 is 0 Å². The van der Waals surface area contributed by atoms with Gasteiger partial charge < -0.3 is 9.88 Å². The number of amides is 1. The zero-order valence-corrected chi connectivity index (χ0v) is 14.0. The number of alkyl halides is 3. The number of pyridine rings is 1. The van der Waals surface area contributed by atoms with Gasteiger partial charge in [0.15, 0.2) is 0 Å². The highest BCUT2D eigenvalue weighted by Crippen LogP contribution is 2.33. The summed E-state index contributed by atoms with van der Waals surface area (Å²) in [5.74, 6) is -2.74. The van der Waals surface area contributed by atoms with Gasteiger partial charge in [0.1, 0.15) is 23.0 Å². The number of halogens is 5. The van der Waals surface area contributed by atoms with Crippen molar-refractivity contribution in [2.45, 2.75) is 25.7 Å². The van der Waals surface area contributed by atoms with Gasteiger partial charge in [0.25, 0.3) is 5.91 Å². The van der Waals surface area contributed by atoms with Crippen molar-refractivity contribution < 1.29 is 26.7 Å². The van der Waals surface area contributed by atoms with Gasteiger partial charge in [-0.2, -0.15) is 13.2 Å². The van der Waals surface area contributed by atoms with Crippen LogP contribution in [-0.2, 0) is 12.7 Å². The quantitative estimate of drug-likeness (QED) is 0.688. The maximum Gasteiger partial charge on any atom is 0.431 e. The number of carbonyl (C=O) groups excluding carboxylic acids is 1. The van der Waals surface area contributed by atoms with E-state index in [1.807, 2.05) is 0 Å². The molecule has 142 valence electrons. The van der Waals surface area contributed by atoms with E-state index in [2.05, 4.69) is 10.3 Å². The normalized spacial score (nSPS) is 13.0. The highest BCUT2D eigenvalue weighted by molar-refractivity contribution is 5.94. The first-order valence-electron chi connectivity index (χ1n) is 7.94. The lowest BCUT2D eigenvalue weighted by Gasteiger charge is -2.18. The summed E-state index contributed by atoms with van der Waals surface area (Å²) in [6, 6.07) is 5.69. The second-order valence-electron chi connectivity index (χ2n) is 6.05. The van der Waals surface area contributed by atoms with E-state index in [1.54, 1.807) is 0 Å². The van der Waals surface area contributed by atoms with E-state index < -0.39 is 41.0 Å². The highest BCUT2D eigenvalue weighted by atomic mass is 19.4. The van der Waals surface area contributed by atoms with Gasteiger partial charge in [-0.15, -0.1) is 0 Å². The Morgan fingerprint density at radius 2 is 1.96 bits per heavy atom. The van der Waals surface area contributed by atoms with Crippen molar-refractivity contribution in [2.24, 2.45) is 0 Å². The predicted octanol–water partition coefficient (Wildman–Crippen LogP) is 4.15. The standard InChI is InChI=1S/C18H14F5N3O/c1-10(25-17(27)13-5-4-12(19)8-14(13)20)9-26-15(18(21,22)23)7-11-3-2-6-24-16(11)26/h2-8,10H,9H2,1H3,(H,25,27)/t10-/m0/s1. The maximum absolute atomic E-state index is 13.7. The Morgan fingerprint density at radius 1 is 1.22 bits per heavy atom. The van der Waals surface area contributed by atoms with Crippen molar-refractivity contribution >= 4 is 16.9 Å². The molecule has 2 aromatic heterocycles. The van der Waals surface area contributed by atoms with Crippen LogP contribution < -0.4 is 5.32 Å². The fourth-order valence-corrected chi connectivity index (χ4v) is 2.80. The Bertz CT molecular complexity index is 996. The summed E-state index contributed by atoms with van der Waals surface area (Å²) >= 11 is 0. The molecule has 1 N–H and O–H groups in total. The highest BCUT2D eigenvalue weighted by Gasteiger charge is 2.36. The van der Waals surface area contributed by atoms with Crippen LogP contribution in [-0.4, -0.2) is 21.5 Å². The molecule has 0 aliphatic carbocycles. The van der Waals surface area contributed by atoms with Crippen LogP contribution in [0.25, 0.3) is 11.0 Å². The van der Waals surface area contributed by atoms with Crippen molar-refractivity contribution in [3.8, 4) is 0 Å². The number of carbonyl (C=O) groups is 1. The first-order valence-corrected chi connectivity index (χ1v) is 7.94. The predicted molar refractivity (Wildman–Crippen MR) is 88.0 cm³/mol. The van der Waals surface area contributed by atoms with Crippen LogP contribution in [0.5, 0.6) is 0 Å². The van der Waals surface area contributed by atoms with Gasteiger partial charge in [0.05, 0.1) is 5.56 Å². The van der Waals surface area contributed by atoms with Gasteiger partial charge in [-0.3, -0.25) is 4.79 Å². The molecule has 3 rings (SSSR count). The Kier molecular flexibility index (Phi) is 4.86. The van der Waals surface area contributed by atoms with Gasteiger partial charge >= 0.3 is 6.18 Å². The molecular weight excluding hydrogens is 369 g/mol. The van der Waals surface area contributed by atoms with Crippen LogP contribution in [0.1, 0.15) is 23.0 Å². The summed E-state index contributed by atoms with van der Waals surface area (Å²) in [5, 5.41) is 2.73. The van der Waals surface area contributed by atoms with Crippen LogP contribution >= 0.6 is 0 Å². The molecule has 0 bridgehead atoms. The molecule has 27 heavy (non-hydrogen) atoms. The second kappa shape index (κ2) is 6.98. The van der Waals surface area contributed by atoms with Crippen molar-refractivity contribution in [3.05, 3.63) is 65.5 Å². The second-order valence-corrected chi connectivity index (χ2v) is 6.05. The molecule has 0 saturated heterocycles. The zero-order chi connectivity index (χ0) is 19.8. The molecule has 2 heterocycles. The fourth-order valence-electron chi connectivity index (χ4n) is 2.80. The van der Waals surface area contributed by atoms with Gasteiger partial charge in [-0.05, 0) is 37.3 Å². The number of hydrogen-bond donors (Lipinski definition) is 1. The fraction of sp³-hybridized carbons (Fsp3) is 0.222. The van der Waals surface area contributed by atoms with E-state index in [4.69, 9.17) is 0 Å². The minimum Gasteiger partial charge on any atom is -0.348 e. The molecule has 0 radical (unpaired) electrons. The minimum absolute atomic E-state index is 0.124. The maximum atomic E-state index is 13.7. The Balaban J connectivity index is 1.85. The van der Waals surface area contributed by atoms with Crippen molar-refractivity contribution in [1.82, 2.24) is 14.9 Å². The van der Waals surface area contributed by atoms with Crippen LogP contribution in [0.3, 0.4) is 0 Å². The van der Waals surface area contributed by atoms with Crippen LogP contribution in [0.4, 0.5) is 22.0 Å². The van der Waals surface area contributed by atoms with Gasteiger partial charge in [-0.1, -0.05) is 0 Å². The molecule has 1 amide bonds. The number of benzene rings is 1. The molecule has 0 fully saturated rings. The molecule has 0 aliphatic heterocycles. The van der Waals surface area contributed by atoms with E-state index in [0.29, 0.717) is 11.5 Å². The largest absolute Gasteiger partial charge is 0.431 e. The third kappa shape index (κ3) is 3.91. The SMILES string of the molecule is C[C@@H](Cn1c(C(F)(F)F)cc2cccnc21)NC(=O)c1ccc(F)cc1F. The number of hydrogen-bond acceptors (Lipinski definition) is 2. The van der Waals surface area contributed by atoms with Crippen LogP contribution in [0, 0.1) is 11.6 Å². The number of nitrogens with zero attached hydrogens (tertiary/aromatic N) is 2. The average molecular weight is 383 g/mol. The first-order chi connectivity index (χ1) is 12.7. The summed E-state index contributed by atoms with van der Waals surface area (Å²) in [6.07, 6.45) is -3.23. The third-order valence-corrected chi connectivity index (χ3v) is 3.96. The Morgan fingerprint density at radius 3 is 2.63 bits per heavy atom. The van der Waals surface area contributed by atoms with Gasteiger partial charge in [0, 0.05) is 30.2 Å². The number of nitrogens with one attached hydrogen (secondary N) is 1. The average Bonchev–Trinajstić information content (AvgIpc) is 2.93. The van der Waals surface area contributed by atoms with Crippen molar-refractivity contribution in [1.29, 1.82) is 0 Å². The third-order valence-electron chi connectivity index (χ3n) is 3.96. The van der Waals surface area contributed by atoms with Gasteiger partial charge in [0.2, 0.25) is 0 Å². The summed E-state index contributed by atoms with van der Waals surface area (Å²) in [5.41, 5.74) is -1.17.